The minimum absolute atomic E-state index is 0.251. The highest BCUT2D eigenvalue weighted by Gasteiger charge is 2.41. The van der Waals surface area contributed by atoms with Crippen molar-refractivity contribution in [1.29, 1.82) is 0 Å². The van der Waals surface area contributed by atoms with Crippen molar-refractivity contribution in [3.63, 3.8) is 0 Å². The summed E-state index contributed by atoms with van der Waals surface area (Å²) >= 11 is 0. The van der Waals surface area contributed by atoms with Crippen LogP contribution < -0.4 is 5.32 Å². The molecule has 1 aromatic rings. The van der Waals surface area contributed by atoms with Crippen LogP contribution in [0.1, 0.15) is 44.7 Å². The predicted molar refractivity (Wildman–Crippen MR) is 84.7 cm³/mol. The van der Waals surface area contributed by atoms with Crippen LogP contribution in [0.2, 0.25) is 0 Å². The molecular weight excluding hydrogens is 244 g/mol. The summed E-state index contributed by atoms with van der Waals surface area (Å²) in [5, 5.41) is 3.55. The lowest BCUT2D eigenvalue weighted by Gasteiger charge is -2.40. The molecule has 2 heteroatoms. The van der Waals surface area contributed by atoms with Crippen LogP contribution in [0.4, 0.5) is 0 Å². The van der Waals surface area contributed by atoms with Crippen LogP contribution in [-0.2, 0) is 0 Å². The summed E-state index contributed by atoms with van der Waals surface area (Å²) in [4.78, 5) is 2.75. The lowest BCUT2D eigenvalue weighted by atomic mass is 9.79. The molecule has 110 valence electrons. The molecule has 20 heavy (non-hydrogen) atoms. The Kier molecular flexibility index (Phi) is 3.87. The number of nitrogens with one attached hydrogen (secondary N) is 1. The SMILES string of the molecule is CNC(c1ccccc1)C(C)(C)CN1CC2CCC1C2. The Bertz CT molecular complexity index is 440. The highest BCUT2D eigenvalue weighted by atomic mass is 15.2. The van der Waals surface area contributed by atoms with Gasteiger partial charge in [-0.05, 0) is 43.2 Å². The minimum Gasteiger partial charge on any atom is -0.313 e. The van der Waals surface area contributed by atoms with Crippen molar-refractivity contribution >= 4 is 0 Å². The lowest BCUT2D eigenvalue weighted by Crippen LogP contribution is -2.44. The van der Waals surface area contributed by atoms with E-state index in [2.05, 4.69) is 61.4 Å². The zero-order valence-electron chi connectivity index (χ0n) is 13.1. The van der Waals surface area contributed by atoms with E-state index in [0.29, 0.717) is 6.04 Å². The van der Waals surface area contributed by atoms with Gasteiger partial charge in [0.2, 0.25) is 0 Å². The molecule has 3 rings (SSSR count). The first-order chi connectivity index (χ1) is 9.60. The average Bonchev–Trinajstić information content (AvgIpc) is 3.02. The van der Waals surface area contributed by atoms with Gasteiger partial charge < -0.3 is 5.32 Å². The van der Waals surface area contributed by atoms with Gasteiger partial charge in [-0.3, -0.25) is 4.90 Å². The molecule has 0 aromatic heterocycles. The van der Waals surface area contributed by atoms with Crippen molar-refractivity contribution < 1.29 is 0 Å². The standard InChI is InChI=1S/C18H28N2/c1-18(2,13-20-12-14-9-10-16(20)11-14)17(19-3)15-7-5-4-6-8-15/h4-8,14,16-17,19H,9-13H2,1-3H3. The van der Waals surface area contributed by atoms with Gasteiger partial charge in [0, 0.05) is 25.2 Å². The van der Waals surface area contributed by atoms with Gasteiger partial charge in [0.1, 0.15) is 0 Å². The monoisotopic (exact) mass is 272 g/mol. The molecule has 2 bridgehead atoms. The maximum absolute atomic E-state index is 3.55. The maximum atomic E-state index is 3.55. The Hall–Kier alpha value is -0.860. The van der Waals surface area contributed by atoms with Crippen molar-refractivity contribution in [3.05, 3.63) is 35.9 Å². The number of fused-ring (bicyclic) bond motifs is 2. The summed E-state index contributed by atoms with van der Waals surface area (Å²) in [6, 6.07) is 12.2. The van der Waals surface area contributed by atoms with Crippen LogP contribution in [0.15, 0.2) is 30.3 Å². The van der Waals surface area contributed by atoms with Crippen LogP contribution >= 0.6 is 0 Å². The van der Waals surface area contributed by atoms with Gasteiger partial charge in [-0.15, -0.1) is 0 Å². The molecule has 2 fully saturated rings. The van der Waals surface area contributed by atoms with Crippen molar-refractivity contribution in [2.75, 3.05) is 20.1 Å². The van der Waals surface area contributed by atoms with E-state index in [0.717, 1.165) is 12.0 Å². The second-order valence-electron chi connectivity index (χ2n) is 7.38. The van der Waals surface area contributed by atoms with E-state index < -0.39 is 0 Å². The highest BCUT2D eigenvalue weighted by molar-refractivity contribution is 5.21. The van der Waals surface area contributed by atoms with Crippen LogP contribution in [0, 0.1) is 11.3 Å². The van der Waals surface area contributed by atoms with E-state index in [-0.39, 0.29) is 5.41 Å². The molecule has 3 unspecified atom stereocenters. The number of piperidine rings is 1. The van der Waals surface area contributed by atoms with Gasteiger partial charge in [-0.2, -0.15) is 0 Å². The van der Waals surface area contributed by atoms with E-state index in [9.17, 15) is 0 Å². The molecule has 2 aliphatic rings. The first kappa shape index (κ1) is 14.1. The molecule has 0 spiro atoms. The van der Waals surface area contributed by atoms with Crippen LogP contribution in [-0.4, -0.2) is 31.1 Å². The quantitative estimate of drug-likeness (QED) is 0.883. The van der Waals surface area contributed by atoms with E-state index in [1.54, 1.807) is 0 Å². The molecule has 1 aromatic carbocycles. The zero-order chi connectivity index (χ0) is 14.2. The van der Waals surface area contributed by atoms with Crippen molar-refractivity contribution in [3.8, 4) is 0 Å². The second kappa shape index (κ2) is 5.50. The Labute approximate surface area is 123 Å². The van der Waals surface area contributed by atoms with Crippen LogP contribution in [0.5, 0.6) is 0 Å². The third-order valence-corrected chi connectivity index (χ3v) is 5.34. The molecule has 0 radical (unpaired) electrons. The van der Waals surface area contributed by atoms with Crippen molar-refractivity contribution in [2.45, 2.75) is 45.2 Å². The molecule has 1 aliphatic carbocycles. The first-order valence-electron chi connectivity index (χ1n) is 8.06. The zero-order valence-corrected chi connectivity index (χ0v) is 13.1. The fourth-order valence-corrected chi connectivity index (χ4v) is 4.49. The second-order valence-corrected chi connectivity index (χ2v) is 7.38. The minimum atomic E-state index is 0.251. The van der Waals surface area contributed by atoms with E-state index in [1.165, 1.54) is 37.9 Å². The fourth-order valence-electron chi connectivity index (χ4n) is 4.49. The molecular formula is C18H28N2. The topological polar surface area (TPSA) is 15.3 Å². The molecule has 1 N–H and O–H groups in total. The first-order valence-corrected chi connectivity index (χ1v) is 8.06. The van der Waals surface area contributed by atoms with E-state index in [4.69, 9.17) is 0 Å². The normalized spacial score (nSPS) is 27.9. The summed E-state index contributed by atoms with van der Waals surface area (Å²) in [6.07, 6.45) is 4.34. The highest BCUT2D eigenvalue weighted by Crippen LogP contribution is 2.41. The number of nitrogens with zero attached hydrogens (tertiary/aromatic N) is 1. The maximum Gasteiger partial charge on any atom is 0.0381 e. The Morgan fingerprint density at radius 2 is 2.00 bits per heavy atom. The Morgan fingerprint density at radius 3 is 2.55 bits per heavy atom. The molecule has 1 saturated carbocycles. The van der Waals surface area contributed by atoms with Gasteiger partial charge in [0.05, 0.1) is 0 Å². The fraction of sp³-hybridized carbons (Fsp3) is 0.667. The van der Waals surface area contributed by atoms with E-state index >= 15 is 0 Å². The largest absolute Gasteiger partial charge is 0.313 e. The lowest BCUT2D eigenvalue weighted by molar-refractivity contribution is 0.113. The summed E-state index contributed by atoms with van der Waals surface area (Å²) in [5.41, 5.74) is 1.66. The van der Waals surface area contributed by atoms with Gasteiger partial charge >= 0.3 is 0 Å². The molecule has 1 aliphatic heterocycles. The molecule has 1 saturated heterocycles. The van der Waals surface area contributed by atoms with Crippen molar-refractivity contribution in [2.24, 2.45) is 11.3 Å². The number of hydrogen-bond donors (Lipinski definition) is 1. The van der Waals surface area contributed by atoms with Gasteiger partial charge in [0.25, 0.3) is 0 Å². The molecule has 3 atom stereocenters. The number of benzene rings is 1. The third-order valence-electron chi connectivity index (χ3n) is 5.34. The van der Waals surface area contributed by atoms with Crippen molar-refractivity contribution in [1.82, 2.24) is 10.2 Å². The molecule has 1 heterocycles. The Balaban J connectivity index is 1.72. The third kappa shape index (κ3) is 2.64. The number of likely N-dealkylation sites (tertiary alicyclic amines) is 1. The molecule has 0 amide bonds. The summed E-state index contributed by atoms with van der Waals surface area (Å²) in [5.74, 6) is 0.987. The van der Waals surface area contributed by atoms with Gasteiger partial charge in [0.15, 0.2) is 0 Å². The Morgan fingerprint density at radius 1 is 1.25 bits per heavy atom. The van der Waals surface area contributed by atoms with Crippen LogP contribution in [0.3, 0.4) is 0 Å². The average molecular weight is 272 g/mol. The summed E-state index contributed by atoms with van der Waals surface area (Å²) < 4.78 is 0. The van der Waals surface area contributed by atoms with Gasteiger partial charge in [-0.25, -0.2) is 0 Å². The number of rotatable bonds is 5. The van der Waals surface area contributed by atoms with Crippen LogP contribution in [0.25, 0.3) is 0 Å². The summed E-state index contributed by atoms with van der Waals surface area (Å²) in [6.45, 7) is 7.36. The van der Waals surface area contributed by atoms with E-state index in [1.807, 2.05) is 0 Å². The number of hydrogen-bond acceptors (Lipinski definition) is 2. The summed E-state index contributed by atoms with van der Waals surface area (Å²) in [7, 11) is 2.09. The molecule has 2 nitrogen and oxygen atoms in total. The smallest absolute Gasteiger partial charge is 0.0381 e. The van der Waals surface area contributed by atoms with Gasteiger partial charge in [-0.1, -0.05) is 44.2 Å². The predicted octanol–water partition coefficient (Wildman–Crippen LogP) is 3.46.